The van der Waals surface area contributed by atoms with Crippen LogP contribution in [-0.2, 0) is 9.53 Å². The van der Waals surface area contributed by atoms with Gasteiger partial charge in [0.25, 0.3) is 0 Å². The minimum atomic E-state index is -0.855. The molecule has 110 valence electrons. The molecule has 1 saturated carbocycles. The summed E-state index contributed by atoms with van der Waals surface area (Å²) < 4.78 is 5.30. The molecule has 19 heavy (non-hydrogen) atoms. The van der Waals surface area contributed by atoms with Crippen molar-refractivity contribution in [3.8, 4) is 0 Å². The molecule has 6 heteroatoms. The second-order valence-corrected chi connectivity index (χ2v) is 5.49. The summed E-state index contributed by atoms with van der Waals surface area (Å²) in [5.74, 6) is -0.849. The molecule has 6 nitrogen and oxygen atoms in total. The van der Waals surface area contributed by atoms with E-state index in [1.54, 1.807) is 6.92 Å². The maximum atomic E-state index is 11.7. The van der Waals surface area contributed by atoms with E-state index in [4.69, 9.17) is 4.74 Å². The van der Waals surface area contributed by atoms with Gasteiger partial charge in [0.1, 0.15) is 0 Å². The van der Waals surface area contributed by atoms with Gasteiger partial charge in [0, 0.05) is 12.6 Å². The van der Waals surface area contributed by atoms with Gasteiger partial charge in [-0.3, -0.25) is 4.79 Å². The second kappa shape index (κ2) is 6.75. The molecule has 0 spiro atoms. The summed E-state index contributed by atoms with van der Waals surface area (Å²) in [5, 5.41) is 14.7. The van der Waals surface area contributed by atoms with Crippen LogP contribution < -0.4 is 10.6 Å². The molecular formula is C13H24N2O4. The molecule has 1 aliphatic rings. The van der Waals surface area contributed by atoms with E-state index in [2.05, 4.69) is 10.6 Å². The number of carbonyl (C=O) groups is 2. The SMILES string of the molecule is CC(C)OCCNC(=O)NC1CCCC1(C)C(=O)O. The van der Waals surface area contributed by atoms with E-state index in [0.29, 0.717) is 26.0 Å². The van der Waals surface area contributed by atoms with E-state index in [1.807, 2.05) is 13.8 Å². The highest BCUT2D eigenvalue weighted by molar-refractivity contribution is 5.79. The summed E-state index contributed by atoms with van der Waals surface area (Å²) in [7, 11) is 0. The first kappa shape index (κ1) is 15.8. The molecule has 0 bridgehead atoms. The predicted molar refractivity (Wildman–Crippen MR) is 71.0 cm³/mol. The van der Waals surface area contributed by atoms with Crippen molar-refractivity contribution in [3.05, 3.63) is 0 Å². The second-order valence-electron chi connectivity index (χ2n) is 5.49. The van der Waals surface area contributed by atoms with E-state index in [-0.39, 0.29) is 18.2 Å². The largest absolute Gasteiger partial charge is 0.481 e. The van der Waals surface area contributed by atoms with E-state index < -0.39 is 11.4 Å². The molecule has 0 aliphatic heterocycles. The van der Waals surface area contributed by atoms with E-state index >= 15 is 0 Å². The minimum Gasteiger partial charge on any atom is -0.481 e. The zero-order chi connectivity index (χ0) is 14.5. The van der Waals surface area contributed by atoms with Gasteiger partial charge in [-0.2, -0.15) is 0 Å². The fourth-order valence-corrected chi connectivity index (χ4v) is 2.32. The number of carbonyl (C=O) groups excluding carboxylic acids is 1. The maximum absolute atomic E-state index is 11.7. The Morgan fingerprint density at radius 3 is 2.74 bits per heavy atom. The molecule has 1 aliphatic carbocycles. The van der Waals surface area contributed by atoms with Crippen molar-refractivity contribution >= 4 is 12.0 Å². The van der Waals surface area contributed by atoms with E-state index in [1.165, 1.54) is 0 Å². The first-order valence-electron chi connectivity index (χ1n) is 6.75. The molecule has 3 N–H and O–H groups in total. The summed E-state index contributed by atoms with van der Waals surface area (Å²) >= 11 is 0. The quantitative estimate of drug-likeness (QED) is 0.637. The maximum Gasteiger partial charge on any atom is 0.315 e. The molecular weight excluding hydrogens is 248 g/mol. The van der Waals surface area contributed by atoms with Gasteiger partial charge < -0.3 is 20.5 Å². The molecule has 1 rings (SSSR count). The zero-order valence-electron chi connectivity index (χ0n) is 11.9. The van der Waals surface area contributed by atoms with Crippen LogP contribution in [0.5, 0.6) is 0 Å². The van der Waals surface area contributed by atoms with Crippen molar-refractivity contribution in [2.45, 2.75) is 52.2 Å². The first-order valence-corrected chi connectivity index (χ1v) is 6.75. The van der Waals surface area contributed by atoms with Crippen LogP contribution in [0.2, 0.25) is 0 Å². The number of carboxylic acid groups (broad SMARTS) is 1. The fourth-order valence-electron chi connectivity index (χ4n) is 2.32. The Kier molecular flexibility index (Phi) is 5.60. The molecule has 0 aromatic heterocycles. The molecule has 2 unspecified atom stereocenters. The smallest absolute Gasteiger partial charge is 0.315 e. The third-order valence-electron chi connectivity index (χ3n) is 3.59. The van der Waals surface area contributed by atoms with Crippen LogP contribution in [-0.4, -0.2) is 42.4 Å². The van der Waals surface area contributed by atoms with Gasteiger partial charge in [-0.25, -0.2) is 4.79 Å². The highest BCUT2D eigenvalue weighted by atomic mass is 16.5. The van der Waals surface area contributed by atoms with Gasteiger partial charge in [0.05, 0.1) is 18.1 Å². The van der Waals surface area contributed by atoms with Crippen molar-refractivity contribution in [2.75, 3.05) is 13.2 Å². The molecule has 1 fully saturated rings. The molecule has 2 atom stereocenters. The van der Waals surface area contributed by atoms with Crippen LogP contribution in [0.3, 0.4) is 0 Å². The fraction of sp³-hybridized carbons (Fsp3) is 0.846. The Hall–Kier alpha value is -1.30. The lowest BCUT2D eigenvalue weighted by molar-refractivity contribution is -0.148. The van der Waals surface area contributed by atoms with Crippen LogP contribution >= 0.6 is 0 Å². The molecule has 0 heterocycles. The number of urea groups is 1. The summed E-state index contributed by atoms with van der Waals surface area (Å²) in [6.45, 7) is 6.41. The lowest BCUT2D eigenvalue weighted by Gasteiger charge is -2.27. The summed E-state index contributed by atoms with van der Waals surface area (Å²) in [6, 6.07) is -0.636. The molecule has 0 radical (unpaired) electrons. The summed E-state index contributed by atoms with van der Waals surface area (Å²) in [6.07, 6.45) is 2.27. The Labute approximate surface area is 113 Å². The molecule has 0 aromatic carbocycles. The summed E-state index contributed by atoms with van der Waals surface area (Å²) in [4.78, 5) is 22.9. The topological polar surface area (TPSA) is 87.7 Å². The zero-order valence-corrected chi connectivity index (χ0v) is 11.9. The van der Waals surface area contributed by atoms with Gasteiger partial charge in [-0.05, 0) is 33.6 Å². The highest BCUT2D eigenvalue weighted by Crippen LogP contribution is 2.38. The third-order valence-corrected chi connectivity index (χ3v) is 3.59. The normalized spacial score (nSPS) is 26.4. The Bertz CT molecular complexity index is 333. The van der Waals surface area contributed by atoms with E-state index in [0.717, 1.165) is 6.42 Å². The van der Waals surface area contributed by atoms with Gasteiger partial charge in [0.2, 0.25) is 0 Å². The number of rotatable bonds is 6. The van der Waals surface area contributed by atoms with Crippen LogP contribution in [0.25, 0.3) is 0 Å². The van der Waals surface area contributed by atoms with Gasteiger partial charge >= 0.3 is 12.0 Å². The van der Waals surface area contributed by atoms with Crippen molar-refractivity contribution in [2.24, 2.45) is 5.41 Å². The lowest BCUT2D eigenvalue weighted by atomic mass is 9.85. The van der Waals surface area contributed by atoms with Gasteiger partial charge in [-0.1, -0.05) is 6.42 Å². The first-order chi connectivity index (χ1) is 8.86. The van der Waals surface area contributed by atoms with Crippen molar-refractivity contribution < 1.29 is 19.4 Å². The van der Waals surface area contributed by atoms with Crippen molar-refractivity contribution in [1.82, 2.24) is 10.6 Å². The van der Waals surface area contributed by atoms with Gasteiger partial charge in [-0.15, -0.1) is 0 Å². The summed E-state index contributed by atoms with van der Waals surface area (Å²) in [5.41, 5.74) is -0.855. The Morgan fingerprint density at radius 1 is 1.47 bits per heavy atom. The number of nitrogens with one attached hydrogen (secondary N) is 2. The van der Waals surface area contributed by atoms with Crippen LogP contribution in [0.4, 0.5) is 4.79 Å². The number of amides is 2. The van der Waals surface area contributed by atoms with E-state index in [9.17, 15) is 14.7 Å². The Balaban J connectivity index is 2.34. The van der Waals surface area contributed by atoms with Crippen LogP contribution in [0.1, 0.15) is 40.0 Å². The average molecular weight is 272 g/mol. The number of hydrogen-bond donors (Lipinski definition) is 3. The van der Waals surface area contributed by atoms with Gasteiger partial charge in [0.15, 0.2) is 0 Å². The number of hydrogen-bond acceptors (Lipinski definition) is 3. The number of ether oxygens (including phenoxy) is 1. The van der Waals surface area contributed by atoms with Crippen LogP contribution in [0.15, 0.2) is 0 Å². The highest BCUT2D eigenvalue weighted by Gasteiger charge is 2.45. The standard InChI is InChI=1S/C13H24N2O4/c1-9(2)19-8-7-14-12(18)15-10-5-4-6-13(10,3)11(16)17/h9-10H,4-8H2,1-3H3,(H,16,17)(H2,14,15,18). The molecule has 0 aromatic rings. The lowest BCUT2D eigenvalue weighted by Crippen LogP contribution is -2.50. The average Bonchev–Trinajstić information content (AvgIpc) is 2.68. The predicted octanol–water partition coefficient (Wildman–Crippen LogP) is 1.35. The number of carboxylic acids is 1. The van der Waals surface area contributed by atoms with Crippen LogP contribution in [0, 0.1) is 5.41 Å². The number of aliphatic carboxylic acids is 1. The minimum absolute atomic E-state index is 0.134. The van der Waals surface area contributed by atoms with Crippen molar-refractivity contribution in [1.29, 1.82) is 0 Å². The monoisotopic (exact) mass is 272 g/mol. The van der Waals surface area contributed by atoms with Crippen molar-refractivity contribution in [3.63, 3.8) is 0 Å². The Morgan fingerprint density at radius 2 is 2.16 bits per heavy atom. The third kappa shape index (κ3) is 4.38. The molecule has 0 saturated heterocycles. The molecule has 2 amide bonds.